The van der Waals surface area contributed by atoms with Crippen LogP contribution in [0.1, 0.15) is 32.3 Å². The minimum absolute atomic E-state index is 0.278. The number of nitrogens with zero attached hydrogens (tertiary/aromatic N) is 4. The van der Waals surface area contributed by atoms with E-state index in [1.165, 1.54) is 6.07 Å². The van der Waals surface area contributed by atoms with Crippen molar-refractivity contribution in [1.29, 1.82) is 5.41 Å². The molecule has 3 heterocycles. The molecule has 0 spiro atoms. The average molecular weight is 462 g/mol. The first-order chi connectivity index (χ1) is 16.4. The van der Waals surface area contributed by atoms with Gasteiger partial charge in [0.1, 0.15) is 5.82 Å². The van der Waals surface area contributed by atoms with E-state index in [-0.39, 0.29) is 11.9 Å². The predicted molar refractivity (Wildman–Crippen MR) is 138 cm³/mol. The summed E-state index contributed by atoms with van der Waals surface area (Å²) in [5.41, 5.74) is 4.32. The summed E-state index contributed by atoms with van der Waals surface area (Å²) in [7, 11) is 1.83. The van der Waals surface area contributed by atoms with E-state index in [1.807, 2.05) is 41.6 Å². The Bertz CT molecular complexity index is 1240. The van der Waals surface area contributed by atoms with Crippen molar-refractivity contribution in [3.8, 4) is 11.4 Å². The molecule has 3 aromatic rings. The maximum absolute atomic E-state index is 15.2. The van der Waals surface area contributed by atoms with Crippen LogP contribution in [0.25, 0.3) is 28.1 Å². The lowest BCUT2D eigenvalue weighted by Gasteiger charge is -2.23. The van der Waals surface area contributed by atoms with E-state index < -0.39 is 0 Å². The topological polar surface area (TPSA) is 81.9 Å². The largest absolute Gasteiger partial charge is 0.391 e. The van der Waals surface area contributed by atoms with Crippen LogP contribution in [0, 0.1) is 11.2 Å². The molecule has 4 rings (SSSR count). The molecule has 0 aliphatic carbocycles. The Hall–Kier alpha value is -3.68. The second-order valence-corrected chi connectivity index (χ2v) is 8.58. The van der Waals surface area contributed by atoms with Gasteiger partial charge in [-0.25, -0.2) is 14.4 Å². The van der Waals surface area contributed by atoms with Gasteiger partial charge in [0, 0.05) is 43.6 Å². The Morgan fingerprint density at radius 1 is 1.35 bits per heavy atom. The van der Waals surface area contributed by atoms with E-state index in [0.29, 0.717) is 29.5 Å². The highest BCUT2D eigenvalue weighted by molar-refractivity contribution is 5.94. The smallest absolute Gasteiger partial charge is 0.166 e. The fourth-order valence-electron chi connectivity index (χ4n) is 4.35. The molecule has 7 nitrogen and oxygen atoms in total. The minimum atomic E-state index is -0.351. The average Bonchev–Trinajstić information content (AvgIpc) is 3.41. The van der Waals surface area contributed by atoms with E-state index in [1.54, 1.807) is 18.5 Å². The van der Waals surface area contributed by atoms with Crippen LogP contribution in [0.5, 0.6) is 0 Å². The molecule has 0 radical (unpaired) electrons. The third-order valence-electron chi connectivity index (χ3n) is 6.24. The number of nitrogens with one attached hydrogen (secondary N) is 3. The van der Waals surface area contributed by atoms with Gasteiger partial charge in [-0.3, -0.25) is 0 Å². The van der Waals surface area contributed by atoms with Crippen molar-refractivity contribution in [3.63, 3.8) is 0 Å². The number of halogens is 1. The summed E-state index contributed by atoms with van der Waals surface area (Å²) in [5, 5.41) is 14.6. The Kier molecular flexibility index (Phi) is 6.95. The van der Waals surface area contributed by atoms with Crippen molar-refractivity contribution in [2.75, 3.05) is 25.0 Å². The summed E-state index contributed by atoms with van der Waals surface area (Å²) in [4.78, 5) is 11.4. The fourth-order valence-corrected chi connectivity index (χ4v) is 4.35. The van der Waals surface area contributed by atoms with Gasteiger partial charge in [-0.15, -0.1) is 0 Å². The van der Waals surface area contributed by atoms with Gasteiger partial charge in [0.15, 0.2) is 11.6 Å². The first kappa shape index (κ1) is 23.5. The van der Waals surface area contributed by atoms with Gasteiger partial charge < -0.3 is 25.5 Å². The molecule has 0 bridgehead atoms. The number of hydrogen-bond acceptors (Lipinski definition) is 6. The molecule has 8 heteroatoms. The maximum Gasteiger partial charge on any atom is 0.166 e. The molecule has 1 aliphatic heterocycles. The number of anilines is 1. The number of aromatic nitrogens is 3. The lowest BCUT2D eigenvalue weighted by atomic mass is 10.1. The summed E-state index contributed by atoms with van der Waals surface area (Å²) in [6.07, 6.45) is 7.27. The second-order valence-electron chi connectivity index (χ2n) is 8.58. The van der Waals surface area contributed by atoms with Gasteiger partial charge in [-0.1, -0.05) is 12.6 Å². The first-order valence-corrected chi connectivity index (χ1v) is 11.7. The van der Waals surface area contributed by atoms with E-state index in [0.717, 1.165) is 48.2 Å². The normalized spacial score (nSPS) is 15.9. The number of rotatable bonds is 9. The molecule has 1 aliphatic rings. The number of hydrogen-bond donors (Lipinski definition) is 3. The highest BCUT2D eigenvalue weighted by Gasteiger charge is 2.25. The Morgan fingerprint density at radius 3 is 2.85 bits per heavy atom. The minimum Gasteiger partial charge on any atom is -0.391 e. The molecule has 1 unspecified atom stereocenters. The van der Waals surface area contributed by atoms with Crippen molar-refractivity contribution in [2.45, 2.75) is 39.3 Å². The number of allylic oxidation sites excluding steroid dienone is 1. The van der Waals surface area contributed by atoms with Gasteiger partial charge in [-0.05, 0) is 62.7 Å². The number of fused-ring (bicyclic) bond motifs is 1. The second kappa shape index (κ2) is 10.1. The number of benzene rings is 1. The van der Waals surface area contributed by atoms with Crippen LogP contribution >= 0.6 is 0 Å². The molecule has 178 valence electrons. The zero-order valence-electron chi connectivity index (χ0n) is 20.0. The quantitative estimate of drug-likeness (QED) is 0.407. The molecule has 1 aromatic carbocycles. The maximum atomic E-state index is 15.2. The Balaban J connectivity index is 1.77. The molecule has 0 saturated carbocycles. The van der Waals surface area contributed by atoms with E-state index in [2.05, 4.69) is 29.1 Å². The fraction of sp³-hybridized carbons (Fsp3) is 0.346. The molecule has 2 aromatic heterocycles. The molecule has 1 saturated heterocycles. The van der Waals surface area contributed by atoms with Crippen LogP contribution in [-0.4, -0.2) is 46.4 Å². The lowest BCUT2D eigenvalue weighted by molar-refractivity contribution is 0.605. The van der Waals surface area contributed by atoms with E-state index in [4.69, 9.17) is 10.4 Å². The van der Waals surface area contributed by atoms with Crippen LogP contribution < -0.4 is 15.5 Å². The van der Waals surface area contributed by atoms with Crippen LogP contribution in [0.4, 0.5) is 10.2 Å². The standard InChI is InChI=1S/C26H32FN7/c1-5-30-11-10-21(28)16-34-24-9-8-19(18(3)29-4)14-23(24)32-25(34)20-13-22(27)26(31-15-20)33-12-6-7-17(33)2/h8-11,13-15,17,28-30H,3,5-7,12,16H2,1-2,4H3/b11-10-,28-21?. The molecule has 1 fully saturated rings. The SMILES string of the molecule is C=C(NC)c1ccc2c(c1)nc(-c1cnc(N3CCCC3C)c(F)c1)n2CC(=N)/C=C\NCC. The summed E-state index contributed by atoms with van der Waals surface area (Å²) in [6, 6.07) is 7.68. The first-order valence-electron chi connectivity index (χ1n) is 11.7. The van der Waals surface area contributed by atoms with Crippen molar-refractivity contribution < 1.29 is 4.39 Å². The highest BCUT2D eigenvalue weighted by Crippen LogP contribution is 2.31. The van der Waals surface area contributed by atoms with Gasteiger partial charge in [0.25, 0.3) is 0 Å². The molecular formula is C26H32FN7. The summed E-state index contributed by atoms with van der Waals surface area (Å²) < 4.78 is 17.1. The third-order valence-corrected chi connectivity index (χ3v) is 6.24. The number of pyridine rings is 1. The summed E-state index contributed by atoms with van der Waals surface area (Å²) in [6.45, 7) is 10.0. The number of imidazole rings is 1. The molecule has 34 heavy (non-hydrogen) atoms. The van der Waals surface area contributed by atoms with Crippen molar-refractivity contribution in [1.82, 2.24) is 25.2 Å². The van der Waals surface area contributed by atoms with Crippen molar-refractivity contribution >= 4 is 28.3 Å². The molecule has 1 atom stereocenters. The van der Waals surface area contributed by atoms with Crippen LogP contribution in [-0.2, 0) is 6.54 Å². The highest BCUT2D eigenvalue weighted by atomic mass is 19.1. The predicted octanol–water partition coefficient (Wildman–Crippen LogP) is 4.56. The van der Waals surface area contributed by atoms with Crippen molar-refractivity contribution in [2.24, 2.45) is 0 Å². The van der Waals surface area contributed by atoms with E-state index in [9.17, 15) is 0 Å². The van der Waals surface area contributed by atoms with Crippen molar-refractivity contribution in [3.05, 3.63) is 60.7 Å². The van der Waals surface area contributed by atoms with Crippen LogP contribution in [0.3, 0.4) is 0 Å². The monoisotopic (exact) mass is 461 g/mol. The van der Waals surface area contributed by atoms with Crippen LogP contribution in [0.2, 0.25) is 0 Å². The lowest BCUT2D eigenvalue weighted by Crippen LogP contribution is -2.28. The summed E-state index contributed by atoms with van der Waals surface area (Å²) >= 11 is 0. The van der Waals surface area contributed by atoms with Gasteiger partial charge in [0.2, 0.25) is 0 Å². The zero-order valence-corrected chi connectivity index (χ0v) is 20.0. The Morgan fingerprint density at radius 2 is 2.18 bits per heavy atom. The molecule has 3 N–H and O–H groups in total. The molecular weight excluding hydrogens is 429 g/mol. The molecule has 0 amide bonds. The van der Waals surface area contributed by atoms with Crippen LogP contribution in [0.15, 0.2) is 49.3 Å². The third kappa shape index (κ3) is 4.66. The van der Waals surface area contributed by atoms with E-state index >= 15 is 4.39 Å². The summed E-state index contributed by atoms with van der Waals surface area (Å²) in [5.74, 6) is 0.623. The zero-order chi connectivity index (χ0) is 24.2. The van der Waals surface area contributed by atoms with Gasteiger partial charge >= 0.3 is 0 Å². The Labute approximate surface area is 199 Å². The van der Waals surface area contributed by atoms with Gasteiger partial charge in [0.05, 0.1) is 23.3 Å². The van der Waals surface area contributed by atoms with Gasteiger partial charge in [-0.2, -0.15) is 0 Å².